The molecule has 0 radical (unpaired) electrons. The van der Waals surface area contributed by atoms with Crippen molar-refractivity contribution in [3.8, 4) is 6.07 Å². The first kappa shape index (κ1) is 17.0. The second-order valence-corrected chi connectivity index (χ2v) is 5.72. The summed E-state index contributed by atoms with van der Waals surface area (Å²) in [6, 6.07) is 11.8. The zero-order valence-electron chi connectivity index (χ0n) is 13.2. The average Bonchev–Trinajstić information content (AvgIpc) is 2.60. The number of likely N-dealkylation sites (tertiary alicyclic amines) is 1. The molecule has 2 rings (SSSR count). The quantitative estimate of drug-likeness (QED) is 0.622. The van der Waals surface area contributed by atoms with Gasteiger partial charge >= 0.3 is 0 Å². The van der Waals surface area contributed by atoms with Crippen molar-refractivity contribution in [1.82, 2.24) is 10.2 Å². The number of benzene rings is 1. The normalized spacial score (nSPS) is 18.3. The second kappa shape index (κ2) is 8.96. The number of nitrogens with zero attached hydrogens (tertiary/aromatic N) is 2. The topological polar surface area (TPSA) is 76.4 Å². The predicted molar refractivity (Wildman–Crippen MR) is 88.0 cm³/mol. The van der Waals surface area contributed by atoms with E-state index in [1.807, 2.05) is 41.3 Å². The number of carbonyl (C=O) groups excluding carboxylic acids is 1. The van der Waals surface area contributed by atoms with E-state index < -0.39 is 0 Å². The molecule has 1 fully saturated rings. The Morgan fingerprint density at radius 3 is 2.87 bits per heavy atom. The molecule has 0 bridgehead atoms. The van der Waals surface area contributed by atoms with Gasteiger partial charge in [-0.15, -0.1) is 0 Å². The van der Waals surface area contributed by atoms with Crippen molar-refractivity contribution in [2.45, 2.75) is 38.3 Å². The maximum atomic E-state index is 12.2. The number of amides is 1. The average molecular weight is 313 g/mol. The third-order valence-electron chi connectivity index (χ3n) is 4.09. The Morgan fingerprint density at radius 2 is 2.17 bits per heavy atom. The van der Waals surface area contributed by atoms with Crippen LogP contribution in [0.5, 0.6) is 0 Å². The standard InChI is InChI=1S/C18H23N3O2/c19-12-16(14-21-10-5-4-8-17(21)9-11-22)18(23)20-13-15-6-2-1-3-7-15/h1-3,6-7,14,17,22H,4-5,8-11,13H2,(H,20,23)/b16-14-. The molecule has 1 aliphatic heterocycles. The van der Waals surface area contributed by atoms with Crippen molar-refractivity contribution >= 4 is 5.91 Å². The van der Waals surface area contributed by atoms with Crippen LogP contribution in [0.2, 0.25) is 0 Å². The van der Waals surface area contributed by atoms with Crippen molar-refractivity contribution in [2.75, 3.05) is 13.2 Å². The number of nitriles is 1. The van der Waals surface area contributed by atoms with Gasteiger partial charge in [0.05, 0.1) is 0 Å². The predicted octanol–water partition coefficient (Wildman–Crippen LogP) is 1.95. The van der Waals surface area contributed by atoms with E-state index in [1.165, 1.54) is 0 Å². The van der Waals surface area contributed by atoms with Crippen LogP contribution in [-0.4, -0.2) is 35.1 Å². The molecule has 1 aromatic rings. The van der Waals surface area contributed by atoms with Crippen LogP contribution in [0.4, 0.5) is 0 Å². The monoisotopic (exact) mass is 313 g/mol. The lowest BCUT2D eigenvalue weighted by molar-refractivity contribution is -0.117. The summed E-state index contributed by atoms with van der Waals surface area (Å²) in [7, 11) is 0. The maximum absolute atomic E-state index is 12.2. The molecule has 1 saturated heterocycles. The molecule has 0 spiro atoms. The summed E-state index contributed by atoms with van der Waals surface area (Å²) in [4.78, 5) is 14.2. The van der Waals surface area contributed by atoms with E-state index in [2.05, 4.69) is 5.32 Å². The number of piperidine rings is 1. The van der Waals surface area contributed by atoms with Gasteiger partial charge < -0.3 is 15.3 Å². The van der Waals surface area contributed by atoms with Crippen molar-refractivity contribution in [3.63, 3.8) is 0 Å². The van der Waals surface area contributed by atoms with E-state index in [0.29, 0.717) is 13.0 Å². The number of aliphatic hydroxyl groups is 1. The van der Waals surface area contributed by atoms with Gasteiger partial charge in [0, 0.05) is 31.9 Å². The van der Waals surface area contributed by atoms with Crippen LogP contribution in [0.1, 0.15) is 31.2 Å². The number of hydrogen-bond donors (Lipinski definition) is 2. The Labute approximate surface area is 137 Å². The summed E-state index contributed by atoms with van der Waals surface area (Å²) in [6.07, 6.45) is 5.47. The smallest absolute Gasteiger partial charge is 0.263 e. The van der Waals surface area contributed by atoms with Crippen LogP contribution < -0.4 is 5.32 Å². The minimum absolute atomic E-state index is 0.116. The minimum Gasteiger partial charge on any atom is -0.396 e. The first-order valence-electron chi connectivity index (χ1n) is 8.05. The van der Waals surface area contributed by atoms with Gasteiger partial charge in [-0.1, -0.05) is 30.3 Å². The molecule has 0 aliphatic carbocycles. The molecule has 0 aromatic heterocycles. The van der Waals surface area contributed by atoms with E-state index in [1.54, 1.807) is 6.20 Å². The van der Waals surface area contributed by atoms with Crippen LogP contribution in [0.3, 0.4) is 0 Å². The highest BCUT2D eigenvalue weighted by atomic mass is 16.3. The molecule has 0 saturated carbocycles. The van der Waals surface area contributed by atoms with E-state index in [-0.39, 0.29) is 24.1 Å². The molecule has 1 aliphatic rings. The van der Waals surface area contributed by atoms with Crippen molar-refractivity contribution in [3.05, 3.63) is 47.7 Å². The summed E-state index contributed by atoms with van der Waals surface area (Å²) in [6.45, 7) is 1.34. The highest BCUT2D eigenvalue weighted by molar-refractivity contribution is 5.97. The fraction of sp³-hybridized carbons (Fsp3) is 0.444. The number of hydrogen-bond acceptors (Lipinski definition) is 4. The Kier molecular flexibility index (Phi) is 6.64. The third kappa shape index (κ3) is 5.11. The van der Waals surface area contributed by atoms with E-state index >= 15 is 0 Å². The molecule has 122 valence electrons. The van der Waals surface area contributed by atoms with E-state index in [9.17, 15) is 10.1 Å². The molecule has 1 aromatic carbocycles. The number of aliphatic hydroxyl groups excluding tert-OH is 1. The lowest BCUT2D eigenvalue weighted by Crippen LogP contribution is -2.37. The largest absolute Gasteiger partial charge is 0.396 e. The highest BCUT2D eigenvalue weighted by Gasteiger charge is 2.21. The Bertz CT molecular complexity index is 576. The molecule has 5 heteroatoms. The van der Waals surface area contributed by atoms with Crippen LogP contribution >= 0.6 is 0 Å². The maximum Gasteiger partial charge on any atom is 0.263 e. The van der Waals surface area contributed by atoms with Crippen molar-refractivity contribution in [2.24, 2.45) is 0 Å². The third-order valence-corrected chi connectivity index (χ3v) is 4.09. The summed E-state index contributed by atoms with van der Waals surface area (Å²) in [5, 5.41) is 21.2. The summed E-state index contributed by atoms with van der Waals surface area (Å²) < 4.78 is 0. The minimum atomic E-state index is -0.357. The van der Waals surface area contributed by atoms with Crippen LogP contribution in [0.15, 0.2) is 42.1 Å². The van der Waals surface area contributed by atoms with Crippen LogP contribution in [0, 0.1) is 11.3 Å². The second-order valence-electron chi connectivity index (χ2n) is 5.72. The van der Waals surface area contributed by atoms with Gasteiger partial charge in [-0.3, -0.25) is 4.79 Å². The molecule has 1 unspecified atom stereocenters. The molecular weight excluding hydrogens is 290 g/mol. The molecule has 1 heterocycles. The molecule has 5 nitrogen and oxygen atoms in total. The van der Waals surface area contributed by atoms with Crippen molar-refractivity contribution in [1.29, 1.82) is 5.26 Å². The fourth-order valence-electron chi connectivity index (χ4n) is 2.83. The lowest BCUT2D eigenvalue weighted by atomic mass is 10.00. The summed E-state index contributed by atoms with van der Waals surface area (Å²) >= 11 is 0. The number of nitrogens with one attached hydrogen (secondary N) is 1. The zero-order valence-corrected chi connectivity index (χ0v) is 13.2. The van der Waals surface area contributed by atoms with Gasteiger partial charge in [-0.25, -0.2) is 0 Å². The van der Waals surface area contributed by atoms with Gasteiger partial charge in [0.25, 0.3) is 5.91 Å². The highest BCUT2D eigenvalue weighted by Crippen LogP contribution is 2.20. The molecule has 23 heavy (non-hydrogen) atoms. The first-order chi connectivity index (χ1) is 11.2. The zero-order chi connectivity index (χ0) is 16.5. The summed E-state index contributed by atoms with van der Waals surface area (Å²) in [5.74, 6) is -0.357. The van der Waals surface area contributed by atoms with Gasteiger partial charge in [-0.2, -0.15) is 5.26 Å². The number of rotatable bonds is 6. The van der Waals surface area contributed by atoms with Gasteiger partial charge in [0.1, 0.15) is 11.6 Å². The Hall–Kier alpha value is -2.32. The molecule has 1 amide bonds. The number of carbonyl (C=O) groups is 1. The fourth-order valence-corrected chi connectivity index (χ4v) is 2.83. The molecule has 2 N–H and O–H groups in total. The molecule has 1 atom stereocenters. The van der Waals surface area contributed by atoms with Crippen molar-refractivity contribution < 1.29 is 9.90 Å². The van der Waals surface area contributed by atoms with Crippen LogP contribution in [0.25, 0.3) is 0 Å². The van der Waals surface area contributed by atoms with Crippen LogP contribution in [-0.2, 0) is 11.3 Å². The lowest BCUT2D eigenvalue weighted by Gasteiger charge is -2.34. The SMILES string of the molecule is N#C/C(=C/N1CCCCC1CCO)C(=O)NCc1ccccc1. The molecular formula is C18H23N3O2. The van der Waals surface area contributed by atoms with E-state index in [0.717, 1.165) is 31.4 Å². The van der Waals surface area contributed by atoms with Gasteiger partial charge in [-0.05, 0) is 31.2 Å². The van der Waals surface area contributed by atoms with Gasteiger partial charge in [0.2, 0.25) is 0 Å². The summed E-state index contributed by atoms with van der Waals surface area (Å²) in [5.41, 5.74) is 1.11. The Morgan fingerprint density at radius 1 is 1.39 bits per heavy atom. The van der Waals surface area contributed by atoms with E-state index in [4.69, 9.17) is 5.11 Å². The first-order valence-corrected chi connectivity index (χ1v) is 8.05. The van der Waals surface area contributed by atoms with Gasteiger partial charge in [0.15, 0.2) is 0 Å². The Balaban J connectivity index is 1.99.